The summed E-state index contributed by atoms with van der Waals surface area (Å²) in [6.45, 7) is 6.85. The van der Waals surface area contributed by atoms with Gasteiger partial charge in [0, 0.05) is 5.54 Å². The van der Waals surface area contributed by atoms with Crippen molar-refractivity contribution in [1.82, 2.24) is 4.90 Å². The second-order valence-electron chi connectivity index (χ2n) is 6.96. The first-order valence-corrected chi connectivity index (χ1v) is 8.04. The summed E-state index contributed by atoms with van der Waals surface area (Å²) in [5.41, 5.74) is -0.0348. The molecule has 0 radical (unpaired) electrons. The van der Waals surface area contributed by atoms with Crippen LogP contribution in [0.5, 0.6) is 0 Å². The second-order valence-corrected chi connectivity index (χ2v) is 6.96. The minimum atomic E-state index is -0.154. The summed E-state index contributed by atoms with van der Waals surface area (Å²) < 4.78 is 0. The molecule has 0 bridgehead atoms. The lowest BCUT2D eigenvalue weighted by atomic mass is 9.87. The third kappa shape index (κ3) is 3.48. The first-order valence-electron chi connectivity index (χ1n) is 8.04. The predicted octanol–water partition coefficient (Wildman–Crippen LogP) is 3.58. The van der Waals surface area contributed by atoms with E-state index in [2.05, 4.69) is 18.7 Å². The molecule has 1 unspecified atom stereocenters. The van der Waals surface area contributed by atoms with Crippen LogP contribution in [0.1, 0.15) is 71.6 Å². The predicted molar refractivity (Wildman–Crippen MR) is 76.7 cm³/mol. The number of nitrogens with zero attached hydrogens (tertiary/aromatic N) is 1. The van der Waals surface area contributed by atoms with E-state index < -0.39 is 0 Å². The molecule has 18 heavy (non-hydrogen) atoms. The molecule has 0 aromatic carbocycles. The van der Waals surface area contributed by atoms with Gasteiger partial charge in [-0.3, -0.25) is 4.90 Å². The van der Waals surface area contributed by atoms with Gasteiger partial charge in [0.1, 0.15) is 0 Å². The van der Waals surface area contributed by atoms with E-state index in [1.807, 2.05) is 0 Å². The number of hydrogen-bond donors (Lipinski definition) is 1. The normalized spacial score (nSPS) is 26.2. The largest absolute Gasteiger partial charge is 0.391 e. The Morgan fingerprint density at radius 3 is 2.11 bits per heavy atom. The Bertz CT molecular complexity index is 237. The fourth-order valence-corrected chi connectivity index (χ4v) is 3.71. The van der Waals surface area contributed by atoms with E-state index in [0.717, 1.165) is 12.3 Å². The first-order chi connectivity index (χ1) is 8.60. The molecule has 2 rings (SSSR count). The summed E-state index contributed by atoms with van der Waals surface area (Å²) in [5, 5.41) is 10.6. The molecule has 2 aliphatic rings. The van der Waals surface area contributed by atoms with Crippen LogP contribution in [0.2, 0.25) is 0 Å². The van der Waals surface area contributed by atoms with Gasteiger partial charge in [-0.1, -0.05) is 38.5 Å². The molecular formula is C16H31NO. The summed E-state index contributed by atoms with van der Waals surface area (Å²) in [5.74, 6) is 0.784. The number of likely N-dealkylation sites (tertiary alicyclic amines) is 1. The lowest BCUT2D eigenvalue weighted by Gasteiger charge is -2.42. The molecule has 0 amide bonds. The van der Waals surface area contributed by atoms with Crippen molar-refractivity contribution in [2.45, 2.75) is 83.3 Å². The SMILES string of the molecule is CC(C)(C(O)CC1CCCC1)N1CCCCCC1. The van der Waals surface area contributed by atoms with Crippen molar-refractivity contribution in [3.63, 3.8) is 0 Å². The summed E-state index contributed by atoms with van der Waals surface area (Å²) in [4.78, 5) is 2.54. The number of rotatable bonds is 4. The van der Waals surface area contributed by atoms with Gasteiger partial charge in [-0.25, -0.2) is 0 Å². The molecule has 106 valence electrons. The molecule has 1 saturated heterocycles. The van der Waals surface area contributed by atoms with Gasteiger partial charge in [0.05, 0.1) is 6.10 Å². The Morgan fingerprint density at radius 1 is 1.00 bits per heavy atom. The van der Waals surface area contributed by atoms with Gasteiger partial charge in [-0.2, -0.15) is 0 Å². The molecule has 0 spiro atoms. The highest BCUT2D eigenvalue weighted by Gasteiger charge is 2.36. The fourth-order valence-electron chi connectivity index (χ4n) is 3.71. The summed E-state index contributed by atoms with van der Waals surface area (Å²) in [6.07, 6.45) is 11.6. The summed E-state index contributed by atoms with van der Waals surface area (Å²) in [7, 11) is 0. The van der Waals surface area contributed by atoms with Crippen LogP contribution >= 0.6 is 0 Å². The van der Waals surface area contributed by atoms with E-state index in [1.165, 1.54) is 64.5 Å². The standard InChI is InChI=1S/C16H31NO/c1-16(2,17-11-7-3-4-8-12-17)15(18)13-14-9-5-6-10-14/h14-15,18H,3-13H2,1-2H3. The lowest BCUT2D eigenvalue weighted by Crippen LogP contribution is -2.53. The monoisotopic (exact) mass is 253 g/mol. The minimum Gasteiger partial charge on any atom is -0.391 e. The number of aliphatic hydroxyl groups is 1. The van der Waals surface area contributed by atoms with Crippen molar-refractivity contribution >= 4 is 0 Å². The maximum Gasteiger partial charge on any atom is 0.0721 e. The van der Waals surface area contributed by atoms with Crippen LogP contribution in [0.15, 0.2) is 0 Å². The van der Waals surface area contributed by atoms with E-state index in [-0.39, 0.29) is 11.6 Å². The highest BCUT2D eigenvalue weighted by molar-refractivity contribution is 4.91. The van der Waals surface area contributed by atoms with Gasteiger partial charge >= 0.3 is 0 Å². The third-order valence-corrected chi connectivity index (χ3v) is 5.27. The average Bonchev–Trinajstić information content (AvgIpc) is 2.68. The van der Waals surface area contributed by atoms with E-state index >= 15 is 0 Å². The molecule has 2 fully saturated rings. The maximum absolute atomic E-state index is 10.6. The quantitative estimate of drug-likeness (QED) is 0.828. The third-order valence-electron chi connectivity index (χ3n) is 5.27. The molecule has 2 heteroatoms. The molecule has 0 aromatic heterocycles. The van der Waals surface area contributed by atoms with E-state index in [1.54, 1.807) is 0 Å². The summed E-state index contributed by atoms with van der Waals surface area (Å²) >= 11 is 0. The Hall–Kier alpha value is -0.0800. The van der Waals surface area contributed by atoms with Gasteiger partial charge in [0.15, 0.2) is 0 Å². The van der Waals surface area contributed by atoms with Crippen LogP contribution in [0.4, 0.5) is 0 Å². The van der Waals surface area contributed by atoms with Crippen LogP contribution in [-0.4, -0.2) is 34.7 Å². The van der Waals surface area contributed by atoms with Gasteiger partial charge in [-0.05, 0) is 52.1 Å². The molecule has 1 aliphatic heterocycles. The van der Waals surface area contributed by atoms with Crippen LogP contribution < -0.4 is 0 Å². The Kier molecular flexibility index (Phi) is 5.08. The molecular weight excluding hydrogens is 222 g/mol. The number of hydrogen-bond acceptors (Lipinski definition) is 2. The summed E-state index contributed by atoms with van der Waals surface area (Å²) in [6, 6.07) is 0. The van der Waals surface area contributed by atoms with Crippen molar-refractivity contribution in [1.29, 1.82) is 0 Å². The van der Waals surface area contributed by atoms with Crippen LogP contribution in [0.3, 0.4) is 0 Å². The van der Waals surface area contributed by atoms with Crippen molar-refractivity contribution in [2.75, 3.05) is 13.1 Å². The molecule has 2 nitrogen and oxygen atoms in total. The zero-order chi connectivity index (χ0) is 13.0. The van der Waals surface area contributed by atoms with E-state index in [0.29, 0.717) is 0 Å². The van der Waals surface area contributed by atoms with Crippen molar-refractivity contribution in [3.8, 4) is 0 Å². The van der Waals surface area contributed by atoms with E-state index in [4.69, 9.17) is 0 Å². The molecule has 1 heterocycles. The molecule has 0 aromatic rings. The first kappa shape index (κ1) is 14.3. The number of aliphatic hydroxyl groups excluding tert-OH is 1. The minimum absolute atomic E-state index is 0.0348. The van der Waals surface area contributed by atoms with Crippen LogP contribution in [0.25, 0.3) is 0 Å². The van der Waals surface area contributed by atoms with Gasteiger partial charge in [-0.15, -0.1) is 0 Å². The van der Waals surface area contributed by atoms with Gasteiger partial charge in [0.2, 0.25) is 0 Å². The highest BCUT2D eigenvalue weighted by atomic mass is 16.3. The fraction of sp³-hybridized carbons (Fsp3) is 1.00. The molecule has 1 saturated carbocycles. The van der Waals surface area contributed by atoms with Gasteiger partial charge < -0.3 is 5.11 Å². The molecule has 1 N–H and O–H groups in total. The van der Waals surface area contributed by atoms with Crippen LogP contribution in [-0.2, 0) is 0 Å². The molecule has 1 aliphatic carbocycles. The van der Waals surface area contributed by atoms with Crippen molar-refractivity contribution in [3.05, 3.63) is 0 Å². The van der Waals surface area contributed by atoms with Crippen LogP contribution in [0, 0.1) is 5.92 Å². The van der Waals surface area contributed by atoms with Crippen molar-refractivity contribution in [2.24, 2.45) is 5.92 Å². The Balaban J connectivity index is 1.89. The highest BCUT2D eigenvalue weighted by Crippen LogP contribution is 2.33. The Labute approximate surface area is 113 Å². The van der Waals surface area contributed by atoms with E-state index in [9.17, 15) is 5.11 Å². The Morgan fingerprint density at radius 2 is 1.56 bits per heavy atom. The zero-order valence-electron chi connectivity index (χ0n) is 12.3. The zero-order valence-corrected chi connectivity index (χ0v) is 12.3. The smallest absolute Gasteiger partial charge is 0.0721 e. The average molecular weight is 253 g/mol. The molecule has 1 atom stereocenters. The second kappa shape index (κ2) is 6.38. The van der Waals surface area contributed by atoms with Crippen molar-refractivity contribution < 1.29 is 5.11 Å². The van der Waals surface area contributed by atoms with Gasteiger partial charge in [0.25, 0.3) is 0 Å². The lowest BCUT2D eigenvalue weighted by molar-refractivity contribution is -0.0206. The topological polar surface area (TPSA) is 23.5 Å². The maximum atomic E-state index is 10.6.